The number of nitrogen functional groups attached to an aromatic ring is 1. The molecule has 0 spiro atoms. The van der Waals surface area contributed by atoms with E-state index in [1.54, 1.807) is 0 Å². The highest BCUT2D eigenvalue weighted by Crippen LogP contribution is 2.49. The summed E-state index contributed by atoms with van der Waals surface area (Å²) in [6, 6.07) is 157. The minimum Gasteiger partial charge on any atom is -0.493 e. The van der Waals surface area contributed by atoms with Crippen molar-refractivity contribution in [2.24, 2.45) is 0 Å². The van der Waals surface area contributed by atoms with Crippen LogP contribution in [0.15, 0.2) is 449 Å². The molecule has 0 amide bonds. The van der Waals surface area contributed by atoms with Gasteiger partial charge in [-0.25, -0.2) is 4.79 Å². The molecular weight excluding hydrogens is 1700 g/mol. The second kappa shape index (κ2) is 39.5. The molecule has 668 valence electrons. The number of hydrogen-bond donors (Lipinski definition) is 1. The first-order valence-corrected chi connectivity index (χ1v) is 47.6. The molecule has 0 aliphatic rings. The second-order valence-corrected chi connectivity index (χ2v) is 36.3. The zero-order chi connectivity index (χ0) is 94.4. The van der Waals surface area contributed by atoms with E-state index in [0.717, 1.165) is 50.6 Å². The lowest BCUT2D eigenvalue weighted by Crippen LogP contribution is -2.11. The summed E-state index contributed by atoms with van der Waals surface area (Å²) in [5, 5.41) is 26.0. The van der Waals surface area contributed by atoms with Gasteiger partial charge in [-0.2, -0.15) is 0 Å². The summed E-state index contributed by atoms with van der Waals surface area (Å²) in [5.74, 6) is 0.323. The average molecular weight is 1800 g/mol. The molecule has 6 nitrogen and oxygen atoms in total. The molecule has 23 aromatic rings. The van der Waals surface area contributed by atoms with Gasteiger partial charge in [0.25, 0.3) is 0 Å². The lowest BCUT2D eigenvalue weighted by atomic mass is 9.90. The maximum atomic E-state index is 11.5. The zero-order valence-corrected chi connectivity index (χ0v) is 79.3. The van der Waals surface area contributed by atoms with Gasteiger partial charge in [0.2, 0.25) is 0 Å². The SMILES string of the molecule is C=CC(=O)OCCCOc1ccc(N(c2ccc(C)c(-c3cc4ccccc4c4ccccc34)c2)c2ccc(C)c(-c3cc4ccccc4c4ccccc34)c2)cc1.Cc1ccc(Cl)cc1-c1cc2ccccc2c2ccccc12.Cc1ccc(N(c2ccc(C)c(-c3cc4ccccc4c4ccccc34)c2)c2ccc(C)c(-c3cc4ccccc4c4ccccc34)c2)cc1.Cc1ccc(N)cc1. The lowest BCUT2D eigenvalue weighted by molar-refractivity contribution is -0.137. The van der Waals surface area contributed by atoms with Crippen molar-refractivity contribution in [1.82, 2.24) is 0 Å². The molecule has 23 aromatic carbocycles. The highest BCUT2D eigenvalue weighted by Gasteiger charge is 2.24. The third-order valence-corrected chi connectivity index (χ3v) is 27.1. The Balaban J connectivity index is 0.000000132. The number of benzene rings is 23. The Kier molecular flexibility index (Phi) is 25.5. The highest BCUT2D eigenvalue weighted by atomic mass is 35.5. The van der Waals surface area contributed by atoms with Crippen LogP contribution in [0.5, 0.6) is 5.75 Å². The van der Waals surface area contributed by atoms with Crippen LogP contribution in [-0.4, -0.2) is 19.2 Å². The Morgan fingerprint density at radius 2 is 0.500 bits per heavy atom. The largest absolute Gasteiger partial charge is 0.493 e. The van der Waals surface area contributed by atoms with Crippen molar-refractivity contribution < 1.29 is 14.3 Å². The van der Waals surface area contributed by atoms with Crippen LogP contribution in [0.25, 0.3) is 163 Å². The van der Waals surface area contributed by atoms with E-state index in [1.807, 2.05) is 49.4 Å². The Labute approximate surface area is 812 Å². The molecule has 138 heavy (non-hydrogen) atoms. The Bertz CT molecular complexity index is 8240. The maximum absolute atomic E-state index is 11.5. The second-order valence-electron chi connectivity index (χ2n) is 35.9. The molecule has 0 saturated heterocycles. The average Bonchev–Trinajstić information content (AvgIpc) is 0.760. The van der Waals surface area contributed by atoms with Gasteiger partial charge in [-0.05, 0) is 379 Å². The molecule has 7 heteroatoms. The van der Waals surface area contributed by atoms with Gasteiger partial charge >= 0.3 is 5.97 Å². The van der Waals surface area contributed by atoms with E-state index in [2.05, 4.69) is 452 Å². The molecule has 0 bridgehead atoms. The number of nitrogens with zero attached hydrogens (tertiary/aromatic N) is 2. The first-order chi connectivity index (χ1) is 67.5. The van der Waals surface area contributed by atoms with Crippen LogP contribution in [0.4, 0.5) is 39.8 Å². The van der Waals surface area contributed by atoms with Crippen LogP contribution in [0.1, 0.15) is 45.4 Å². The summed E-state index contributed by atoms with van der Waals surface area (Å²) >= 11 is 6.24. The van der Waals surface area contributed by atoms with E-state index >= 15 is 0 Å². The van der Waals surface area contributed by atoms with E-state index < -0.39 is 5.97 Å². The van der Waals surface area contributed by atoms with Gasteiger partial charge in [-0.3, -0.25) is 0 Å². The minimum absolute atomic E-state index is 0.279. The first-order valence-electron chi connectivity index (χ1n) is 47.3. The molecule has 0 aliphatic heterocycles. The molecule has 0 heterocycles. The standard InChI is InChI=1S/C54H43NO3.C49H37N.C21H15Cl.C7H9N/c1-4-54(56)58-31-13-30-57-43-28-26-40(27-29-43)55(41-24-22-36(2)50(34-41)52-32-38-14-5-7-16-44(38)46-18-9-11-20-48(46)52)42-25-23-37(3)51(35-42)53-33-39-15-6-8-17-45(39)47-19-10-12-21-49(47)53;1-32-20-24-37(25-21-32)50(38-26-22-33(2)46(30-38)48-28-35-12-4-6-14-40(35)42-16-8-10-18-44(42)48)39-27-23-34(3)47(31-39)49-29-36-13-5-7-15-41(36)43-17-9-11-19-45(43)49;1-14-10-11-16(22)13-20(14)21-12-15-6-2-3-7-17(15)18-8-4-5-9-19(18)21;1-6-2-4-7(8)5-3-6/h4-12,14-29,32-35H,1,13,30-31H2,2-3H3;4-31H,1-3H3;2-13H,1H3;2-5H,8H2,1H3. The number of fused-ring (bicyclic) bond motifs is 15. The van der Waals surface area contributed by atoms with E-state index in [9.17, 15) is 4.79 Å². The van der Waals surface area contributed by atoms with E-state index in [-0.39, 0.29) is 6.61 Å². The normalized spacial score (nSPS) is 11.2. The third-order valence-electron chi connectivity index (χ3n) is 26.8. The van der Waals surface area contributed by atoms with E-state index in [4.69, 9.17) is 26.8 Å². The first kappa shape index (κ1) is 89.2. The lowest BCUT2D eigenvalue weighted by Gasteiger charge is -2.28. The van der Waals surface area contributed by atoms with Crippen molar-refractivity contribution in [2.75, 3.05) is 28.7 Å². The van der Waals surface area contributed by atoms with Crippen molar-refractivity contribution >= 4 is 165 Å². The predicted molar refractivity (Wildman–Crippen MR) is 591 cm³/mol. The number of rotatable bonds is 17. The number of ether oxygens (including phenoxy) is 2. The summed E-state index contributed by atoms with van der Waals surface area (Å²) in [4.78, 5) is 16.2. The summed E-state index contributed by atoms with van der Waals surface area (Å²) in [7, 11) is 0. The van der Waals surface area contributed by atoms with Crippen molar-refractivity contribution in [3.8, 4) is 61.4 Å². The van der Waals surface area contributed by atoms with Gasteiger partial charge in [0.05, 0.1) is 13.2 Å². The van der Waals surface area contributed by atoms with Crippen LogP contribution < -0.4 is 20.3 Å². The summed E-state index contributed by atoms with van der Waals surface area (Å²) in [5.41, 5.74) is 33.7. The van der Waals surface area contributed by atoms with Crippen molar-refractivity contribution in [3.63, 3.8) is 0 Å². The molecule has 23 rings (SSSR count). The van der Waals surface area contributed by atoms with E-state index in [1.165, 1.54) is 208 Å². The quantitative estimate of drug-likeness (QED) is 0.0322. The monoisotopic (exact) mass is 1800 g/mol. The van der Waals surface area contributed by atoms with Gasteiger partial charge in [-0.1, -0.05) is 327 Å². The molecular formula is C131H104ClN3O3. The Morgan fingerprint density at radius 3 is 0.783 bits per heavy atom. The van der Waals surface area contributed by atoms with Gasteiger partial charge < -0.3 is 25.0 Å². The van der Waals surface area contributed by atoms with Crippen molar-refractivity contribution in [3.05, 3.63) is 493 Å². The summed E-state index contributed by atoms with van der Waals surface area (Å²) in [6.45, 7) is 19.4. The van der Waals surface area contributed by atoms with Crippen molar-refractivity contribution in [1.29, 1.82) is 0 Å². The van der Waals surface area contributed by atoms with Crippen LogP contribution in [0.3, 0.4) is 0 Å². The molecule has 0 aliphatic carbocycles. The highest BCUT2D eigenvalue weighted by molar-refractivity contribution is 6.31. The molecule has 2 N–H and O–H groups in total. The number of hydrogen-bond acceptors (Lipinski definition) is 6. The van der Waals surface area contributed by atoms with Crippen LogP contribution >= 0.6 is 11.6 Å². The van der Waals surface area contributed by atoms with Gasteiger partial charge in [0.15, 0.2) is 0 Å². The Morgan fingerprint density at radius 1 is 0.261 bits per heavy atom. The summed E-state index contributed by atoms with van der Waals surface area (Å²) in [6.07, 6.45) is 1.76. The summed E-state index contributed by atoms with van der Waals surface area (Å²) < 4.78 is 11.2. The number of esters is 1. The smallest absolute Gasteiger partial charge is 0.330 e. The molecule has 0 unspecified atom stereocenters. The molecule has 0 aromatic heterocycles. The van der Waals surface area contributed by atoms with Gasteiger partial charge in [0.1, 0.15) is 5.75 Å². The fourth-order valence-corrected chi connectivity index (χ4v) is 19.9. The van der Waals surface area contributed by atoms with Gasteiger partial charge in [-0.15, -0.1) is 0 Å². The number of anilines is 7. The molecule has 0 saturated carbocycles. The minimum atomic E-state index is -0.425. The van der Waals surface area contributed by atoms with Crippen molar-refractivity contribution in [2.45, 2.75) is 54.9 Å². The number of carbonyl (C=O) groups is 1. The van der Waals surface area contributed by atoms with Crippen LogP contribution in [0.2, 0.25) is 5.02 Å². The number of carbonyl (C=O) groups excluding carboxylic acids is 1. The van der Waals surface area contributed by atoms with Gasteiger partial charge in [0, 0.05) is 57.3 Å². The molecule has 0 atom stereocenters. The van der Waals surface area contributed by atoms with E-state index in [0.29, 0.717) is 13.0 Å². The third kappa shape index (κ3) is 18.3. The zero-order valence-electron chi connectivity index (χ0n) is 78.5. The molecule has 0 fully saturated rings. The van der Waals surface area contributed by atoms with Crippen LogP contribution in [0, 0.1) is 48.5 Å². The fourth-order valence-electron chi connectivity index (χ4n) is 19.8. The number of halogens is 1. The Hall–Kier alpha value is -16.6. The fraction of sp³-hybridized carbons (Fsp3) is 0.0763. The molecule has 0 radical (unpaired) electrons. The van der Waals surface area contributed by atoms with Crippen LogP contribution in [-0.2, 0) is 9.53 Å². The predicted octanol–water partition coefficient (Wildman–Crippen LogP) is 36.4. The number of nitrogens with two attached hydrogens (primary N) is 1. The maximum Gasteiger partial charge on any atom is 0.330 e. The number of aryl methyl sites for hydroxylation is 7. The topological polar surface area (TPSA) is 68.0 Å².